The van der Waals surface area contributed by atoms with Crippen LogP contribution >= 0.6 is 0 Å². The van der Waals surface area contributed by atoms with E-state index in [-0.39, 0.29) is 14.9 Å². The van der Waals surface area contributed by atoms with Gasteiger partial charge in [-0.05, 0) is 18.6 Å². The molecule has 0 spiro atoms. The summed E-state index contributed by atoms with van der Waals surface area (Å²) >= 11 is 0. The van der Waals surface area contributed by atoms with Gasteiger partial charge in [-0.25, -0.2) is 0 Å². The summed E-state index contributed by atoms with van der Waals surface area (Å²) in [5.41, 5.74) is 0. The Morgan fingerprint density at radius 2 is 1.47 bits per heavy atom. The maximum Gasteiger partial charge on any atom is 0.115 e. The van der Waals surface area contributed by atoms with Gasteiger partial charge in [0.2, 0.25) is 0 Å². The zero-order chi connectivity index (χ0) is 10.5. The van der Waals surface area contributed by atoms with Crippen LogP contribution in [0.25, 0.3) is 0 Å². The largest absolute Gasteiger partial charge is 0.508 e. The molecule has 1 aromatic carbocycles. The summed E-state index contributed by atoms with van der Waals surface area (Å²) in [6.45, 7) is 9.54. The van der Waals surface area contributed by atoms with Gasteiger partial charge in [0.1, 0.15) is 5.75 Å². The number of allylic oxidation sites excluding steroid dienone is 1. The van der Waals surface area contributed by atoms with E-state index in [0.29, 0.717) is 5.75 Å². The van der Waals surface area contributed by atoms with Crippen LogP contribution in [0.2, 0.25) is 0 Å². The van der Waals surface area contributed by atoms with Crippen LogP contribution in [0.4, 0.5) is 0 Å². The van der Waals surface area contributed by atoms with Crippen LogP contribution in [-0.4, -0.2) is 5.11 Å². The molecule has 1 nitrogen and oxygen atoms in total. The molecule has 0 aliphatic rings. The Hall–Kier alpha value is -1.24. The molecule has 1 N–H and O–H groups in total. The van der Waals surface area contributed by atoms with Gasteiger partial charge >= 0.3 is 0 Å². The molecule has 0 fully saturated rings. The number of hydrogen-bond donors (Lipinski definition) is 1. The van der Waals surface area contributed by atoms with Gasteiger partial charge in [-0.1, -0.05) is 59.9 Å². The van der Waals surface area contributed by atoms with Gasteiger partial charge in [0.25, 0.3) is 0 Å². The van der Waals surface area contributed by atoms with E-state index in [0.717, 1.165) is 6.42 Å². The third-order valence-corrected chi connectivity index (χ3v) is 1.04. The van der Waals surface area contributed by atoms with E-state index < -0.39 is 0 Å². The van der Waals surface area contributed by atoms with Gasteiger partial charge in [0, 0.05) is 0 Å². The van der Waals surface area contributed by atoms with Crippen LogP contribution in [0.3, 0.4) is 0 Å². The summed E-state index contributed by atoms with van der Waals surface area (Å²) in [6.07, 6.45) is 2.96. The zero-order valence-electron chi connectivity index (χ0n) is 8.83. The standard InChI is InChI=1S/C6H6O.C4H8.C2H6.2CH4/c7-6-4-2-1-3-5-6;1-3-4-2;1-2;;/h1-5,7H;3H,1,4H2,2H3;1-2H3;2*1H4. The summed E-state index contributed by atoms with van der Waals surface area (Å²) in [7, 11) is 0. The second-order valence-corrected chi connectivity index (χ2v) is 2.03. The first kappa shape index (κ1) is 23.5. The first-order valence-corrected chi connectivity index (χ1v) is 4.66. The van der Waals surface area contributed by atoms with Crippen molar-refractivity contribution in [3.63, 3.8) is 0 Å². The molecule has 90 valence electrons. The fourth-order valence-corrected chi connectivity index (χ4v) is 0.428. The summed E-state index contributed by atoms with van der Waals surface area (Å²) in [5, 5.41) is 8.63. The Morgan fingerprint density at radius 3 is 1.60 bits per heavy atom. The highest BCUT2D eigenvalue weighted by Gasteiger charge is 1.74. The lowest BCUT2D eigenvalue weighted by atomic mass is 10.3. The maximum absolute atomic E-state index is 8.63. The van der Waals surface area contributed by atoms with Gasteiger partial charge in [-0.15, -0.1) is 6.58 Å². The lowest BCUT2D eigenvalue weighted by molar-refractivity contribution is 0.475. The minimum Gasteiger partial charge on any atom is -0.508 e. The Morgan fingerprint density at radius 1 is 1.13 bits per heavy atom. The quantitative estimate of drug-likeness (QED) is 0.628. The highest BCUT2D eigenvalue weighted by Crippen LogP contribution is 2.02. The Kier molecular flexibility index (Phi) is 36.1. The first-order valence-electron chi connectivity index (χ1n) is 4.66. The molecule has 0 radical (unpaired) electrons. The minimum atomic E-state index is 0. The third kappa shape index (κ3) is 24.5. The smallest absolute Gasteiger partial charge is 0.115 e. The van der Waals surface area contributed by atoms with Crippen molar-refractivity contribution >= 4 is 0 Å². The zero-order valence-corrected chi connectivity index (χ0v) is 8.83. The molecule has 1 rings (SSSR count). The molecule has 0 bridgehead atoms. The van der Waals surface area contributed by atoms with Gasteiger partial charge in [0.05, 0.1) is 0 Å². The summed E-state index contributed by atoms with van der Waals surface area (Å²) < 4.78 is 0. The molecule has 1 heteroatoms. The highest BCUT2D eigenvalue weighted by atomic mass is 16.3. The van der Waals surface area contributed by atoms with E-state index in [2.05, 4.69) is 13.5 Å². The Balaban J connectivity index is -0.0000000674. The second-order valence-electron chi connectivity index (χ2n) is 2.03. The molecular weight excluding hydrogens is 184 g/mol. The molecule has 0 saturated heterocycles. The SMILES string of the molecule is C.C.C=CCC.CC.Oc1ccccc1. The predicted octanol–water partition coefficient (Wildman–Crippen LogP) is 5.27. The minimum absolute atomic E-state index is 0. The van der Waals surface area contributed by atoms with Crippen molar-refractivity contribution < 1.29 is 5.11 Å². The van der Waals surface area contributed by atoms with E-state index in [1.165, 1.54) is 0 Å². The Labute approximate surface area is 96.5 Å². The highest BCUT2D eigenvalue weighted by molar-refractivity contribution is 5.18. The van der Waals surface area contributed by atoms with E-state index in [4.69, 9.17) is 5.11 Å². The average molecular weight is 212 g/mol. The van der Waals surface area contributed by atoms with Crippen molar-refractivity contribution in [3.8, 4) is 5.75 Å². The molecule has 0 atom stereocenters. The van der Waals surface area contributed by atoms with Crippen molar-refractivity contribution in [2.45, 2.75) is 42.0 Å². The van der Waals surface area contributed by atoms with Crippen molar-refractivity contribution in [2.24, 2.45) is 0 Å². The van der Waals surface area contributed by atoms with Crippen molar-refractivity contribution in [1.29, 1.82) is 0 Å². The van der Waals surface area contributed by atoms with Gasteiger partial charge in [-0.3, -0.25) is 0 Å². The number of phenols is 1. The monoisotopic (exact) mass is 212 g/mol. The third-order valence-electron chi connectivity index (χ3n) is 1.04. The Bertz CT molecular complexity index is 180. The van der Waals surface area contributed by atoms with Crippen LogP contribution in [0, 0.1) is 0 Å². The van der Waals surface area contributed by atoms with Crippen molar-refractivity contribution in [2.75, 3.05) is 0 Å². The number of phenolic OH excluding ortho intramolecular Hbond substituents is 1. The van der Waals surface area contributed by atoms with E-state index in [1.807, 2.05) is 26.0 Å². The van der Waals surface area contributed by atoms with Crippen LogP contribution in [0.15, 0.2) is 43.0 Å². The van der Waals surface area contributed by atoms with Crippen molar-refractivity contribution in [3.05, 3.63) is 43.0 Å². The lowest BCUT2D eigenvalue weighted by Crippen LogP contribution is -1.56. The summed E-state index contributed by atoms with van der Waals surface area (Å²) in [5.74, 6) is 0.322. The number of rotatable bonds is 1. The molecule has 1 aromatic rings. The number of hydrogen-bond acceptors (Lipinski definition) is 1. The van der Waals surface area contributed by atoms with Crippen LogP contribution in [0.1, 0.15) is 42.0 Å². The predicted molar refractivity (Wildman–Crippen MR) is 73.4 cm³/mol. The number of benzene rings is 1. The lowest BCUT2D eigenvalue weighted by Gasteiger charge is -1.82. The first-order chi connectivity index (χ1) is 6.31. The van der Waals surface area contributed by atoms with Crippen LogP contribution in [-0.2, 0) is 0 Å². The van der Waals surface area contributed by atoms with E-state index in [1.54, 1.807) is 24.3 Å². The fraction of sp³-hybridized carbons (Fsp3) is 0.429. The molecule has 0 aliphatic carbocycles. The normalized spacial score (nSPS) is 6.07. The molecule has 0 amide bonds. The van der Waals surface area contributed by atoms with Gasteiger partial charge < -0.3 is 5.11 Å². The molecular formula is C14H28O. The molecule has 0 aromatic heterocycles. The van der Waals surface area contributed by atoms with Gasteiger partial charge in [0.15, 0.2) is 0 Å². The van der Waals surface area contributed by atoms with Crippen molar-refractivity contribution in [1.82, 2.24) is 0 Å². The fourth-order valence-electron chi connectivity index (χ4n) is 0.428. The van der Waals surface area contributed by atoms with Gasteiger partial charge in [-0.2, -0.15) is 0 Å². The van der Waals surface area contributed by atoms with Crippen LogP contribution in [0.5, 0.6) is 5.75 Å². The molecule has 15 heavy (non-hydrogen) atoms. The summed E-state index contributed by atoms with van der Waals surface area (Å²) in [4.78, 5) is 0. The number of aromatic hydroxyl groups is 1. The maximum atomic E-state index is 8.63. The molecule has 0 unspecified atom stereocenters. The van der Waals surface area contributed by atoms with E-state index in [9.17, 15) is 0 Å². The average Bonchev–Trinajstić information content (AvgIpc) is 2.22. The molecule has 0 aliphatic heterocycles. The second kappa shape index (κ2) is 23.0. The summed E-state index contributed by atoms with van der Waals surface area (Å²) in [6, 6.07) is 8.71. The molecule has 0 saturated carbocycles. The van der Waals surface area contributed by atoms with E-state index >= 15 is 0 Å². The topological polar surface area (TPSA) is 20.2 Å². The number of para-hydroxylation sites is 1. The van der Waals surface area contributed by atoms with Crippen LogP contribution < -0.4 is 0 Å². The molecule has 0 heterocycles.